The molecule has 1 aliphatic rings. The minimum Gasteiger partial charge on any atom is -0.326 e. The molecule has 4 aromatic rings. The van der Waals surface area contributed by atoms with Crippen LogP contribution >= 0.6 is 11.8 Å². The number of fused-ring (bicyclic) bond motifs is 2. The maximum absolute atomic E-state index is 13.3. The number of carbonyl (C=O) groups excluding carboxylic acids is 1. The fourth-order valence-corrected chi connectivity index (χ4v) is 5.24. The SMILES string of the molecule is Cc1ccc(-n2ncc3c(=O)n4c(nc32)SCC4CC(=O)Nc2cc(C(F)(F)F)cc(C(F)(F)F)c2)cc1. The van der Waals surface area contributed by atoms with Gasteiger partial charge in [-0.05, 0) is 37.3 Å². The first kappa shape index (κ1) is 25.8. The molecule has 1 atom stereocenters. The van der Waals surface area contributed by atoms with E-state index in [1.807, 2.05) is 31.2 Å². The standard InChI is InChI=1S/C24H17F6N5O2S/c1-12-2-4-16(5-3-12)35-20-18(10-31-35)21(37)34-17(11-38-22(34)33-20)9-19(36)32-15-7-13(23(25,26)27)6-14(8-15)24(28,29)30/h2-8,10,17H,9,11H2,1H3,(H,32,36). The van der Waals surface area contributed by atoms with E-state index < -0.39 is 46.7 Å². The summed E-state index contributed by atoms with van der Waals surface area (Å²) in [6, 6.07) is 7.55. The van der Waals surface area contributed by atoms with Crippen LogP contribution in [0.5, 0.6) is 0 Å². The summed E-state index contributed by atoms with van der Waals surface area (Å²) in [7, 11) is 0. The number of aromatic nitrogens is 4. The Labute approximate surface area is 214 Å². The predicted octanol–water partition coefficient (Wildman–Crippen LogP) is 5.60. The van der Waals surface area contributed by atoms with Gasteiger partial charge < -0.3 is 5.32 Å². The molecule has 1 aliphatic heterocycles. The summed E-state index contributed by atoms with van der Waals surface area (Å²) < 4.78 is 81.6. The van der Waals surface area contributed by atoms with Crippen LogP contribution in [0.15, 0.2) is 58.6 Å². The van der Waals surface area contributed by atoms with Crippen LogP contribution in [0.25, 0.3) is 16.7 Å². The van der Waals surface area contributed by atoms with Gasteiger partial charge in [0.15, 0.2) is 10.8 Å². The summed E-state index contributed by atoms with van der Waals surface area (Å²) >= 11 is 1.21. The van der Waals surface area contributed by atoms with Crippen molar-refractivity contribution in [2.75, 3.05) is 11.1 Å². The van der Waals surface area contributed by atoms with E-state index in [1.165, 1.54) is 27.2 Å². The van der Waals surface area contributed by atoms with E-state index in [9.17, 15) is 35.9 Å². The van der Waals surface area contributed by atoms with Gasteiger partial charge in [0.25, 0.3) is 5.56 Å². The van der Waals surface area contributed by atoms with E-state index in [2.05, 4.69) is 15.4 Å². The molecule has 0 saturated carbocycles. The van der Waals surface area contributed by atoms with Crippen molar-refractivity contribution < 1.29 is 31.1 Å². The first-order chi connectivity index (χ1) is 17.8. The quantitative estimate of drug-likeness (QED) is 0.263. The Kier molecular flexibility index (Phi) is 6.24. The Morgan fingerprint density at radius 3 is 2.29 bits per heavy atom. The van der Waals surface area contributed by atoms with Gasteiger partial charge in [0.2, 0.25) is 5.91 Å². The molecule has 14 heteroatoms. The normalized spacial score (nSPS) is 15.6. The van der Waals surface area contributed by atoms with Crippen LogP contribution in [-0.2, 0) is 17.1 Å². The molecule has 0 bridgehead atoms. The van der Waals surface area contributed by atoms with Crippen molar-refractivity contribution in [3.05, 3.63) is 75.7 Å². The highest BCUT2D eigenvalue weighted by molar-refractivity contribution is 7.99. The van der Waals surface area contributed by atoms with Crippen LogP contribution < -0.4 is 10.9 Å². The number of anilines is 1. The lowest BCUT2D eigenvalue weighted by molar-refractivity contribution is -0.143. The highest BCUT2D eigenvalue weighted by Crippen LogP contribution is 2.38. The number of rotatable bonds is 4. The molecule has 0 saturated heterocycles. The zero-order valence-electron chi connectivity index (χ0n) is 19.4. The third-order valence-corrected chi connectivity index (χ3v) is 7.04. The van der Waals surface area contributed by atoms with E-state index in [1.54, 1.807) is 0 Å². The molecule has 1 unspecified atom stereocenters. The Morgan fingerprint density at radius 1 is 1.05 bits per heavy atom. The third-order valence-electron chi connectivity index (χ3n) is 5.94. The minimum atomic E-state index is -5.05. The number of aryl methyl sites for hydroxylation is 1. The van der Waals surface area contributed by atoms with Crippen molar-refractivity contribution in [2.45, 2.75) is 36.9 Å². The number of halogens is 6. The highest BCUT2D eigenvalue weighted by atomic mass is 32.2. The molecule has 2 aromatic heterocycles. The molecule has 0 radical (unpaired) electrons. The average Bonchev–Trinajstić information content (AvgIpc) is 3.43. The van der Waals surface area contributed by atoms with Crippen molar-refractivity contribution >= 4 is 34.4 Å². The number of alkyl halides is 6. The van der Waals surface area contributed by atoms with Crippen molar-refractivity contribution in [1.82, 2.24) is 19.3 Å². The number of carbonyl (C=O) groups is 1. The molecule has 0 aliphatic carbocycles. The Bertz CT molecular complexity index is 1580. The lowest BCUT2D eigenvalue weighted by Crippen LogP contribution is -2.28. The summed E-state index contributed by atoms with van der Waals surface area (Å²) in [6.45, 7) is 1.93. The second-order valence-corrected chi connectivity index (χ2v) is 9.70. The topological polar surface area (TPSA) is 81.8 Å². The first-order valence-electron chi connectivity index (χ1n) is 11.1. The number of thioether (sulfide) groups is 1. The van der Waals surface area contributed by atoms with E-state index in [-0.39, 0.29) is 23.6 Å². The highest BCUT2D eigenvalue weighted by Gasteiger charge is 2.37. The molecule has 3 heterocycles. The molecule has 38 heavy (non-hydrogen) atoms. The zero-order chi connectivity index (χ0) is 27.4. The van der Waals surface area contributed by atoms with Gasteiger partial charge in [-0.15, -0.1) is 0 Å². The van der Waals surface area contributed by atoms with Gasteiger partial charge in [-0.1, -0.05) is 29.5 Å². The van der Waals surface area contributed by atoms with Crippen molar-refractivity contribution in [3.63, 3.8) is 0 Å². The van der Waals surface area contributed by atoms with Gasteiger partial charge in [-0.2, -0.15) is 31.4 Å². The number of benzene rings is 2. The van der Waals surface area contributed by atoms with Gasteiger partial charge in [-0.25, -0.2) is 9.67 Å². The number of hydrogen-bond acceptors (Lipinski definition) is 5. The summed E-state index contributed by atoms with van der Waals surface area (Å²) in [4.78, 5) is 30.4. The first-order valence-corrected chi connectivity index (χ1v) is 12.1. The predicted molar refractivity (Wildman–Crippen MR) is 127 cm³/mol. The fraction of sp³-hybridized carbons (Fsp3) is 0.250. The molecular weight excluding hydrogens is 536 g/mol. The fourth-order valence-electron chi connectivity index (χ4n) is 4.11. The number of amides is 1. The van der Waals surface area contributed by atoms with Crippen LogP contribution in [0.3, 0.4) is 0 Å². The second-order valence-electron chi connectivity index (χ2n) is 8.71. The van der Waals surface area contributed by atoms with Crippen LogP contribution in [0.2, 0.25) is 0 Å². The van der Waals surface area contributed by atoms with Crippen molar-refractivity contribution in [2.24, 2.45) is 0 Å². The van der Waals surface area contributed by atoms with Crippen LogP contribution in [-0.4, -0.2) is 31.0 Å². The van der Waals surface area contributed by atoms with E-state index in [4.69, 9.17) is 0 Å². The molecule has 7 nitrogen and oxygen atoms in total. The smallest absolute Gasteiger partial charge is 0.326 e. The molecule has 198 valence electrons. The Morgan fingerprint density at radius 2 is 1.68 bits per heavy atom. The minimum absolute atomic E-state index is 0.0211. The van der Waals surface area contributed by atoms with Gasteiger partial charge in [0, 0.05) is 17.9 Å². The van der Waals surface area contributed by atoms with Gasteiger partial charge in [0.05, 0.1) is 29.1 Å². The zero-order valence-corrected chi connectivity index (χ0v) is 20.2. The van der Waals surface area contributed by atoms with E-state index >= 15 is 0 Å². The van der Waals surface area contributed by atoms with E-state index in [0.717, 1.165) is 5.56 Å². The molecule has 0 fully saturated rings. The maximum Gasteiger partial charge on any atom is 0.416 e. The van der Waals surface area contributed by atoms with Gasteiger partial charge >= 0.3 is 12.4 Å². The van der Waals surface area contributed by atoms with Gasteiger partial charge in [-0.3, -0.25) is 14.2 Å². The maximum atomic E-state index is 13.3. The van der Waals surface area contributed by atoms with Crippen LogP contribution in [0.1, 0.15) is 29.2 Å². The summed E-state index contributed by atoms with van der Waals surface area (Å²) in [5.41, 5.74) is -2.13. The second kappa shape index (κ2) is 9.19. The number of nitrogens with zero attached hydrogens (tertiary/aromatic N) is 4. The molecule has 1 amide bonds. The summed E-state index contributed by atoms with van der Waals surface area (Å²) in [5.74, 6) is -0.588. The Balaban J connectivity index is 1.41. The van der Waals surface area contributed by atoms with E-state index in [0.29, 0.717) is 28.6 Å². The van der Waals surface area contributed by atoms with Gasteiger partial charge in [0.1, 0.15) is 5.39 Å². The molecule has 5 rings (SSSR count). The molecule has 1 N–H and O–H groups in total. The lowest BCUT2D eigenvalue weighted by atomic mass is 10.1. The number of hydrogen-bond donors (Lipinski definition) is 1. The third kappa shape index (κ3) is 4.87. The summed E-state index contributed by atoms with van der Waals surface area (Å²) in [6.07, 6.45) is -9.10. The number of nitrogens with one attached hydrogen (secondary N) is 1. The van der Waals surface area contributed by atoms with Crippen LogP contribution in [0, 0.1) is 6.92 Å². The lowest BCUT2D eigenvalue weighted by Gasteiger charge is -2.16. The van der Waals surface area contributed by atoms with Crippen LogP contribution in [0.4, 0.5) is 32.0 Å². The molecule has 2 aromatic carbocycles. The molecular formula is C24H17F6N5O2S. The molecule has 0 spiro atoms. The van der Waals surface area contributed by atoms with Crippen molar-refractivity contribution in [1.29, 1.82) is 0 Å². The Hall–Kier alpha value is -3.81. The van der Waals surface area contributed by atoms with Crippen molar-refractivity contribution in [3.8, 4) is 5.69 Å². The average molecular weight is 553 g/mol. The monoisotopic (exact) mass is 553 g/mol. The largest absolute Gasteiger partial charge is 0.416 e. The summed E-state index contributed by atoms with van der Waals surface area (Å²) in [5, 5.41) is 6.90.